The number of esters is 1. The quantitative estimate of drug-likeness (QED) is 0.410. The van der Waals surface area contributed by atoms with Gasteiger partial charge in [-0.3, -0.25) is 9.59 Å². The summed E-state index contributed by atoms with van der Waals surface area (Å²) in [6.07, 6.45) is 2.30. The predicted octanol–water partition coefficient (Wildman–Crippen LogP) is 5.54. The highest BCUT2D eigenvalue weighted by Gasteiger charge is 2.23. The molecule has 1 unspecified atom stereocenters. The van der Waals surface area contributed by atoms with Gasteiger partial charge < -0.3 is 10.1 Å². The average Bonchev–Trinajstić information content (AvgIpc) is 2.50. The Bertz CT molecular complexity index is 610. The van der Waals surface area contributed by atoms with Crippen LogP contribution >= 0.6 is 27.7 Å². The number of rotatable bonds is 9. The molecule has 1 rings (SSSR count). The summed E-state index contributed by atoms with van der Waals surface area (Å²) in [5.74, 6) is -1.03. The van der Waals surface area contributed by atoms with E-state index in [4.69, 9.17) is 4.74 Å². The Balaban J connectivity index is 3.01. The molecule has 0 aliphatic heterocycles. The maximum Gasteiger partial charge on any atom is 0.319 e. The fourth-order valence-corrected chi connectivity index (χ4v) is 3.87. The third kappa shape index (κ3) is 7.36. The SMILES string of the molecule is CCCC(=O)Nc1cc(SC(CCC)C(=O)OC(C)C)c(Br)cc1F. The maximum atomic E-state index is 14.1. The number of ether oxygens (including phenoxy) is 1. The van der Waals surface area contributed by atoms with E-state index in [2.05, 4.69) is 21.2 Å². The van der Waals surface area contributed by atoms with E-state index >= 15 is 0 Å². The number of carbonyl (C=O) groups is 2. The highest BCUT2D eigenvalue weighted by atomic mass is 79.9. The van der Waals surface area contributed by atoms with Crippen molar-refractivity contribution in [3.05, 3.63) is 22.4 Å². The lowest BCUT2D eigenvalue weighted by molar-refractivity contribution is -0.146. The number of benzene rings is 1. The molecule has 0 aromatic heterocycles. The molecule has 0 aliphatic carbocycles. The van der Waals surface area contributed by atoms with Crippen LogP contribution in [0.4, 0.5) is 10.1 Å². The Hall–Kier alpha value is -1.08. The Labute approximate surface area is 161 Å². The number of hydrogen-bond acceptors (Lipinski definition) is 4. The van der Waals surface area contributed by atoms with Crippen molar-refractivity contribution in [2.45, 2.75) is 69.6 Å². The lowest BCUT2D eigenvalue weighted by Crippen LogP contribution is -2.23. The van der Waals surface area contributed by atoms with E-state index in [0.717, 1.165) is 6.42 Å². The highest BCUT2D eigenvalue weighted by Crippen LogP contribution is 2.36. The molecule has 1 amide bonds. The molecular formula is C18H25BrFNO3S. The van der Waals surface area contributed by atoms with Crippen molar-refractivity contribution in [2.24, 2.45) is 0 Å². The number of amides is 1. The maximum absolute atomic E-state index is 14.1. The topological polar surface area (TPSA) is 55.4 Å². The number of carbonyl (C=O) groups excluding carboxylic acids is 2. The average molecular weight is 434 g/mol. The summed E-state index contributed by atoms with van der Waals surface area (Å²) >= 11 is 4.65. The summed E-state index contributed by atoms with van der Waals surface area (Å²) in [5, 5.41) is 2.20. The third-order valence-electron chi connectivity index (χ3n) is 3.21. The molecule has 0 saturated carbocycles. The van der Waals surface area contributed by atoms with Crippen molar-refractivity contribution in [1.82, 2.24) is 0 Å². The van der Waals surface area contributed by atoms with Gasteiger partial charge >= 0.3 is 5.97 Å². The second kappa shape index (κ2) is 10.8. The molecule has 1 aromatic rings. The van der Waals surface area contributed by atoms with Crippen LogP contribution in [0.1, 0.15) is 53.4 Å². The molecule has 140 valence electrons. The molecular weight excluding hydrogens is 409 g/mol. The lowest BCUT2D eigenvalue weighted by atomic mass is 10.2. The van der Waals surface area contributed by atoms with Crippen LogP contribution in [0.3, 0.4) is 0 Å². The molecule has 0 spiro atoms. The summed E-state index contributed by atoms with van der Waals surface area (Å²) < 4.78 is 20.0. The fourth-order valence-electron chi connectivity index (χ4n) is 2.10. The van der Waals surface area contributed by atoms with Crippen LogP contribution in [0, 0.1) is 5.82 Å². The van der Waals surface area contributed by atoms with Gasteiger partial charge in [0.15, 0.2) is 0 Å². The smallest absolute Gasteiger partial charge is 0.319 e. The largest absolute Gasteiger partial charge is 0.462 e. The Morgan fingerprint density at radius 1 is 1.28 bits per heavy atom. The monoisotopic (exact) mass is 433 g/mol. The van der Waals surface area contributed by atoms with Gasteiger partial charge in [0.1, 0.15) is 11.1 Å². The first-order valence-electron chi connectivity index (χ1n) is 8.44. The van der Waals surface area contributed by atoms with Crippen molar-refractivity contribution >= 4 is 45.3 Å². The predicted molar refractivity (Wildman–Crippen MR) is 103 cm³/mol. The summed E-state index contributed by atoms with van der Waals surface area (Å²) in [6, 6.07) is 2.86. The van der Waals surface area contributed by atoms with E-state index in [0.29, 0.717) is 28.6 Å². The highest BCUT2D eigenvalue weighted by molar-refractivity contribution is 9.10. The van der Waals surface area contributed by atoms with Gasteiger partial charge in [-0.15, -0.1) is 11.8 Å². The van der Waals surface area contributed by atoms with E-state index < -0.39 is 5.82 Å². The Morgan fingerprint density at radius 2 is 1.96 bits per heavy atom. The fraction of sp³-hybridized carbons (Fsp3) is 0.556. The van der Waals surface area contributed by atoms with Crippen molar-refractivity contribution < 1.29 is 18.7 Å². The molecule has 0 heterocycles. The number of nitrogens with one attached hydrogen (secondary N) is 1. The molecule has 0 radical (unpaired) electrons. The minimum Gasteiger partial charge on any atom is -0.462 e. The van der Waals surface area contributed by atoms with Gasteiger partial charge in [-0.2, -0.15) is 0 Å². The standard InChI is InChI=1S/C18H25BrFNO3S/c1-5-7-15(18(23)24-11(3)4)25-16-10-14(13(20)9-12(16)19)21-17(22)8-6-2/h9-11,15H,5-8H2,1-4H3,(H,21,22). The molecule has 1 atom stereocenters. The lowest BCUT2D eigenvalue weighted by Gasteiger charge is -2.18. The van der Waals surface area contributed by atoms with Crippen molar-refractivity contribution in [3.8, 4) is 0 Å². The first-order valence-corrected chi connectivity index (χ1v) is 10.1. The van der Waals surface area contributed by atoms with Gasteiger partial charge in [0.05, 0.1) is 11.8 Å². The van der Waals surface area contributed by atoms with E-state index in [1.54, 1.807) is 19.9 Å². The molecule has 0 aliphatic rings. The van der Waals surface area contributed by atoms with Crippen molar-refractivity contribution in [2.75, 3.05) is 5.32 Å². The van der Waals surface area contributed by atoms with Gasteiger partial charge in [0.2, 0.25) is 5.91 Å². The van der Waals surface area contributed by atoms with Gasteiger partial charge in [-0.05, 0) is 54.8 Å². The molecule has 4 nitrogen and oxygen atoms in total. The van der Waals surface area contributed by atoms with Crippen LogP contribution in [0.25, 0.3) is 0 Å². The summed E-state index contributed by atoms with van der Waals surface area (Å²) in [7, 11) is 0. The molecule has 0 bridgehead atoms. The van der Waals surface area contributed by atoms with Crippen LogP contribution in [0.15, 0.2) is 21.5 Å². The molecule has 0 fully saturated rings. The summed E-state index contributed by atoms with van der Waals surface area (Å²) in [6.45, 7) is 7.49. The third-order valence-corrected chi connectivity index (χ3v) is 5.43. The van der Waals surface area contributed by atoms with Gasteiger partial charge in [0, 0.05) is 15.8 Å². The number of anilines is 1. The summed E-state index contributed by atoms with van der Waals surface area (Å²) in [4.78, 5) is 24.7. The number of thioether (sulfide) groups is 1. The van der Waals surface area contributed by atoms with Gasteiger partial charge in [-0.25, -0.2) is 4.39 Å². The minimum absolute atomic E-state index is 0.122. The molecule has 0 saturated heterocycles. The minimum atomic E-state index is -0.516. The van der Waals surface area contributed by atoms with Crippen molar-refractivity contribution in [3.63, 3.8) is 0 Å². The van der Waals surface area contributed by atoms with Crippen LogP contribution in [-0.2, 0) is 14.3 Å². The second-order valence-electron chi connectivity index (χ2n) is 5.94. The zero-order chi connectivity index (χ0) is 19.0. The molecule has 7 heteroatoms. The van der Waals surface area contributed by atoms with Crippen LogP contribution in [-0.4, -0.2) is 23.2 Å². The first kappa shape index (κ1) is 22.0. The van der Waals surface area contributed by atoms with E-state index in [9.17, 15) is 14.0 Å². The van der Waals surface area contributed by atoms with Crippen LogP contribution < -0.4 is 5.32 Å². The van der Waals surface area contributed by atoms with E-state index in [-0.39, 0.29) is 28.9 Å². The molecule has 25 heavy (non-hydrogen) atoms. The zero-order valence-corrected chi connectivity index (χ0v) is 17.4. The molecule has 1 N–H and O–H groups in total. The zero-order valence-electron chi connectivity index (χ0n) is 15.0. The van der Waals surface area contributed by atoms with Crippen LogP contribution in [0.2, 0.25) is 0 Å². The Kier molecular flexibility index (Phi) is 9.50. The number of hydrogen-bond donors (Lipinski definition) is 1. The normalized spacial score (nSPS) is 12.1. The Morgan fingerprint density at radius 3 is 2.52 bits per heavy atom. The van der Waals surface area contributed by atoms with Crippen molar-refractivity contribution in [1.29, 1.82) is 0 Å². The first-order chi connectivity index (χ1) is 11.8. The van der Waals surface area contributed by atoms with E-state index in [1.165, 1.54) is 17.8 Å². The van der Waals surface area contributed by atoms with Gasteiger partial charge in [0.25, 0.3) is 0 Å². The summed E-state index contributed by atoms with van der Waals surface area (Å²) in [5.41, 5.74) is 0.122. The second-order valence-corrected chi connectivity index (χ2v) is 8.04. The van der Waals surface area contributed by atoms with E-state index in [1.807, 2.05) is 13.8 Å². The molecule has 1 aromatic carbocycles. The number of halogens is 2. The van der Waals surface area contributed by atoms with Crippen LogP contribution in [0.5, 0.6) is 0 Å². The van der Waals surface area contributed by atoms with Gasteiger partial charge in [-0.1, -0.05) is 20.3 Å².